The van der Waals surface area contributed by atoms with Crippen LogP contribution in [0.2, 0.25) is 0 Å². The highest BCUT2D eigenvalue weighted by Crippen LogP contribution is 2.36. The molecule has 0 spiro atoms. The monoisotopic (exact) mass is 504 g/mol. The molecule has 9 nitrogen and oxygen atoms in total. The molecule has 0 unspecified atom stereocenters. The minimum Gasteiger partial charge on any atom is -0.434 e. The van der Waals surface area contributed by atoms with E-state index in [0.29, 0.717) is 5.82 Å². The number of aryl methyl sites for hydroxylation is 1. The zero-order chi connectivity index (χ0) is 26.1. The Kier molecular flexibility index (Phi) is 6.58. The van der Waals surface area contributed by atoms with Crippen molar-refractivity contribution >= 4 is 28.2 Å². The molecule has 37 heavy (non-hydrogen) atoms. The Bertz CT molecular complexity index is 1490. The van der Waals surface area contributed by atoms with E-state index in [2.05, 4.69) is 30.5 Å². The summed E-state index contributed by atoms with van der Waals surface area (Å²) in [5, 5.41) is 16.2. The van der Waals surface area contributed by atoms with E-state index in [1.807, 2.05) is 26.0 Å². The van der Waals surface area contributed by atoms with E-state index < -0.39 is 11.6 Å². The Labute approximate surface area is 212 Å². The van der Waals surface area contributed by atoms with Crippen LogP contribution in [-0.2, 0) is 0 Å². The second-order valence-electron chi connectivity index (χ2n) is 9.06. The van der Waals surface area contributed by atoms with Crippen LogP contribution in [0.1, 0.15) is 31.1 Å². The van der Waals surface area contributed by atoms with Gasteiger partial charge in [-0.3, -0.25) is 0 Å². The van der Waals surface area contributed by atoms with E-state index in [0.717, 1.165) is 43.6 Å². The summed E-state index contributed by atoms with van der Waals surface area (Å²) in [4.78, 5) is 14.8. The minimum atomic E-state index is -0.735. The van der Waals surface area contributed by atoms with Gasteiger partial charge in [0, 0.05) is 49.4 Å². The van der Waals surface area contributed by atoms with E-state index in [1.54, 1.807) is 29.8 Å². The van der Waals surface area contributed by atoms with Crippen molar-refractivity contribution in [3.8, 4) is 17.7 Å². The van der Waals surface area contributed by atoms with Crippen molar-refractivity contribution < 1.29 is 13.5 Å². The molecule has 2 N–H and O–H groups in total. The highest BCUT2D eigenvalue weighted by atomic mass is 19.1. The number of hydrogen-bond donors (Lipinski definition) is 2. The van der Waals surface area contributed by atoms with Gasteiger partial charge in [0.1, 0.15) is 18.2 Å². The molecule has 190 valence electrons. The van der Waals surface area contributed by atoms with E-state index >= 15 is 8.78 Å². The Hall–Kier alpha value is -4.30. The molecule has 1 aliphatic rings. The molecule has 1 fully saturated rings. The SMILES string of the molecule is Cc1cc2c(F)c(Oc3ncnc(Nc4ccc(N5CCNCC5)cn4)c3C#N)cc(F)c2n1C(C)C. The molecule has 11 heteroatoms. The summed E-state index contributed by atoms with van der Waals surface area (Å²) in [5.41, 5.74) is 1.82. The average Bonchev–Trinajstić information content (AvgIpc) is 3.26. The number of aromatic nitrogens is 4. The summed E-state index contributed by atoms with van der Waals surface area (Å²) in [6, 6.07) is 8.21. The highest BCUT2D eigenvalue weighted by molar-refractivity contribution is 5.84. The predicted molar refractivity (Wildman–Crippen MR) is 136 cm³/mol. The van der Waals surface area contributed by atoms with E-state index in [1.165, 1.54) is 6.33 Å². The molecule has 0 saturated carbocycles. The second kappa shape index (κ2) is 9.99. The molecule has 5 rings (SSSR count). The molecule has 0 radical (unpaired) electrons. The molecule has 0 bridgehead atoms. The number of piperazine rings is 1. The largest absolute Gasteiger partial charge is 0.434 e. The molecule has 4 heterocycles. The smallest absolute Gasteiger partial charge is 0.242 e. The van der Waals surface area contributed by atoms with Crippen molar-refractivity contribution in [2.45, 2.75) is 26.8 Å². The fourth-order valence-electron chi connectivity index (χ4n) is 4.62. The minimum absolute atomic E-state index is 0.0570. The lowest BCUT2D eigenvalue weighted by Crippen LogP contribution is -2.43. The Balaban J connectivity index is 1.43. The number of hydrogen-bond acceptors (Lipinski definition) is 8. The number of anilines is 3. The highest BCUT2D eigenvalue weighted by Gasteiger charge is 2.22. The molecule has 1 saturated heterocycles. The first-order valence-corrected chi connectivity index (χ1v) is 12.0. The number of benzene rings is 1. The summed E-state index contributed by atoms with van der Waals surface area (Å²) in [6.07, 6.45) is 2.93. The third-order valence-electron chi connectivity index (χ3n) is 6.29. The van der Waals surface area contributed by atoms with E-state index in [4.69, 9.17) is 4.74 Å². The zero-order valence-corrected chi connectivity index (χ0v) is 20.7. The molecule has 0 aliphatic carbocycles. The first-order valence-electron chi connectivity index (χ1n) is 12.0. The van der Waals surface area contributed by atoms with Gasteiger partial charge in [0.05, 0.1) is 17.4 Å². The van der Waals surface area contributed by atoms with Gasteiger partial charge in [-0.1, -0.05) is 0 Å². The number of nitrogens with zero attached hydrogens (tertiary/aromatic N) is 6. The second-order valence-corrected chi connectivity index (χ2v) is 9.06. The maximum Gasteiger partial charge on any atom is 0.242 e. The fraction of sp³-hybridized carbons (Fsp3) is 0.308. The molecule has 0 atom stereocenters. The lowest BCUT2D eigenvalue weighted by molar-refractivity contribution is 0.424. The molecular weight excluding hydrogens is 478 g/mol. The Morgan fingerprint density at radius 1 is 1.14 bits per heavy atom. The van der Waals surface area contributed by atoms with Crippen molar-refractivity contribution in [3.63, 3.8) is 0 Å². The Morgan fingerprint density at radius 2 is 1.92 bits per heavy atom. The van der Waals surface area contributed by atoms with Gasteiger partial charge in [0.15, 0.2) is 28.8 Å². The first-order chi connectivity index (χ1) is 17.9. The van der Waals surface area contributed by atoms with Gasteiger partial charge in [-0.2, -0.15) is 5.26 Å². The number of nitriles is 1. The standard InChI is InChI=1S/C26H26F2N8O/c1-15(2)36-16(3)10-18-23(28)21(11-20(27)24(18)36)37-26-19(12-29)25(32-14-33-26)34-22-5-4-17(13-31-22)35-8-6-30-7-9-35/h4-5,10-11,13-15,30H,6-9H2,1-3H3,(H,31,32,33,34). The van der Waals surface area contributed by atoms with E-state index in [-0.39, 0.29) is 40.0 Å². The van der Waals surface area contributed by atoms with Crippen LogP contribution in [0.4, 0.5) is 26.1 Å². The van der Waals surface area contributed by atoms with Gasteiger partial charge in [0.2, 0.25) is 5.88 Å². The summed E-state index contributed by atoms with van der Waals surface area (Å²) in [6.45, 7) is 9.20. The number of ether oxygens (including phenoxy) is 1. The first kappa shape index (κ1) is 24.4. The molecular formula is C26H26F2N8O. The molecule has 0 amide bonds. The molecule has 4 aromatic rings. The predicted octanol–water partition coefficient (Wildman–Crippen LogP) is 4.81. The maximum atomic E-state index is 15.4. The molecule has 1 aliphatic heterocycles. The van der Waals surface area contributed by atoms with Crippen LogP contribution in [0.15, 0.2) is 36.8 Å². The van der Waals surface area contributed by atoms with Crippen molar-refractivity contribution in [2.24, 2.45) is 0 Å². The summed E-state index contributed by atoms with van der Waals surface area (Å²) in [5.74, 6) is -1.34. The van der Waals surface area contributed by atoms with Gasteiger partial charge in [-0.05, 0) is 39.0 Å². The zero-order valence-electron chi connectivity index (χ0n) is 20.7. The average molecular weight is 505 g/mol. The fourth-order valence-corrected chi connectivity index (χ4v) is 4.62. The quantitative estimate of drug-likeness (QED) is 0.386. The summed E-state index contributed by atoms with van der Waals surface area (Å²) >= 11 is 0. The third kappa shape index (κ3) is 4.63. The lowest BCUT2D eigenvalue weighted by Gasteiger charge is -2.29. The third-order valence-corrected chi connectivity index (χ3v) is 6.29. The summed E-state index contributed by atoms with van der Waals surface area (Å²) < 4.78 is 37.9. The van der Waals surface area contributed by atoms with Crippen molar-refractivity contribution in [2.75, 3.05) is 36.4 Å². The number of rotatable bonds is 6. The number of halogens is 2. The van der Waals surface area contributed by atoms with Crippen LogP contribution in [0.5, 0.6) is 11.6 Å². The Morgan fingerprint density at radius 3 is 2.59 bits per heavy atom. The van der Waals surface area contributed by atoms with Crippen molar-refractivity contribution in [1.29, 1.82) is 5.26 Å². The van der Waals surface area contributed by atoms with Gasteiger partial charge < -0.3 is 24.8 Å². The number of nitrogens with one attached hydrogen (secondary N) is 2. The van der Waals surface area contributed by atoms with Gasteiger partial charge >= 0.3 is 0 Å². The maximum absolute atomic E-state index is 15.4. The van der Waals surface area contributed by atoms with Crippen molar-refractivity contribution in [1.82, 2.24) is 24.8 Å². The number of fused-ring (bicyclic) bond motifs is 1. The normalized spacial score (nSPS) is 13.7. The van der Waals surface area contributed by atoms with Crippen LogP contribution >= 0.6 is 0 Å². The number of pyridine rings is 1. The summed E-state index contributed by atoms with van der Waals surface area (Å²) in [7, 11) is 0. The lowest BCUT2D eigenvalue weighted by atomic mass is 10.2. The van der Waals surface area contributed by atoms with Crippen LogP contribution in [0, 0.1) is 29.9 Å². The van der Waals surface area contributed by atoms with E-state index in [9.17, 15) is 5.26 Å². The van der Waals surface area contributed by atoms with Crippen LogP contribution in [0.3, 0.4) is 0 Å². The molecule has 1 aromatic carbocycles. The van der Waals surface area contributed by atoms with Crippen molar-refractivity contribution in [3.05, 3.63) is 59.7 Å². The topological polar surface area (TPSA) is 104 Å². The van der Waals surface area contributed by atoms with Gasteiger partial charge in [-0.15, -0.1) is 0 Å². The van der Waals surface area contributed by atoms with Gasteiger partial charge in [0.25, 0.3) is 0 Å². The molecule has 3 aromatic heterocycles. The van der Waals surface area contributed by atoms with Gasteiger partial charge in [-0.25, -0.2) is 23.7 Å². The van der Waals surface area contributed by atoms with Crippen LogP contribution in [-0.4, -0.2) is 45.7 Å². The van der Waals surface area contributed by atoms with Crippen LogP contribution in [0.25, 0.3) is 10.9 Å². The van der Waals surface area contributed by atoms with Crippen LogP contribution < -0.4 is 20.3 Å².